The first-order chi connectivity index (χ1) is 10.8. The van der Waals surface area contributed by atoms with Crippen molar-refractivity contribution < 1.29 is 0 Å². The molecule has 1 heterocycles. The molecule has 22 heavy (non-hydrogen) atoms. The minimum Gasteiger partial charge on any atom is -0.201 e. The summed E-state index contributed by atoms with van der Waals surface area (Å²) in [5.41, 5.74) is 3.95. The maximum Gasteiger partial charge on any atom is 0.143 e. The molecule has 2 aromatic carbocycles. The minimum atomic E-state index is -0.260. The fourth-order valence-corrected chi connectivity index (χ4v) is 2.69. The summed E-state index contributed by atoms with van der Waals surface area (Å²) in [4.78, 5) is 0. The summed E-state index contributed by atoms with van der Waals surface area (Å²) in [6.45, 7) is 0. The van der Waals surface area contributed by atoms with Crippen molar-refractivity contribution in [2.24, 2.45) is 0 Å². The van der Waals surface area contributed by atoms with Gasteiger partial charge >= 0.3 is 0 Å². The molecule has 0 radical (unpaired) electrons. The Labute approximate surface area is 127 Å². The second-order valence-corrected chi connectivity index (χ2v) is 5.58. The second kappa shape index (κ2) is 4.78. The number of benzene rings is 2. The quantitative estimate of drug-likeness (QED) is 0.743. The molecule has 0 spiro atoms. The highest BCUT2D eigenvalue weighted by atomic mass is 15.5. The maximum absolute atomic E-state index is 9.37. The third kappa shape index (κ3) is 2.06. The van der Waals surface area contributed by atoms with Crippen LogP contribution in [-0.2, 0) is 5.41 Å². The van der Waals surface area contributed by atoms with Gasteiger partial charge in [0, 0.05) is 0 Å². The molecule has 0 bridgehead atoms. The first-order valence-corrected chi connectivity index (χ1v) is 7.16. The van der Waals surface area contributed by atoms with Crippen molar-refractivity contribution in [2.75, 3.05) is 0 Å². The van der Waals surface area contributed by atoms with Crippen LogP contribution in [0.2, 0.25) is 0 Å². The molecule has 5 heteroatoms. The third-order valence-electron chi connectivity index (χ3n) is 4.17. The van der Waals surface area contributed by atoms with Crippen LogP contribution in [0.3, 0.4) is 0 Å². The van der Waals surface area contributed by atoms with Crippen molar-refractivity contribution in [3.63, 3.8) is 0 Å². The van der Waals surface area contributed by atoms with E-state index < -0.39 is 0 Å². The number of hydrogen-bond donors (Lipinski definition) is 0. The molecule has 0 N–H and O–H groups in total. The molecule has 106 valence electrons. The van der Waals surface area contributed by atoms with Crippen LogP contribution in [0.5, 0.6) is 0 Å². The average molecular weight is 287 g/mol. The SMILES string of the molecule is N#CC1(c2cccc(-c3cccc(-n4cnnn4)c3)c2)CC1. The van der Waals surface area contributed by atoms with Gasteiger partial charge in [0.1, 0.15) is 6.33 Å². The van der Waals surface area contributed by atoms with Gasteiger partial charge in [-0.2, -0.15) is 5.26 Å². The number of nitriles is 1. The predicted octanol–water partition coefficient (Wildman–Crippen LogP) is 2.88. The van der Waals surface area contributed by atoms with Gasteiger partial charge in [0.25, 0.3) is 0 Å². The molecule has 0 amide bonds. The number of tetrazole rings is 1. The van der Waals surface area contributed by atoms with Gasteiger partial charge in [-0.3, -0.25) is 0 Å². The van der Waals surface area contributed by atoms with E-state index in [0.717, 1.165) is 35.2 Å². The minimum absolute atomic E-state index is 0.260. The van der Waals surface area contributed by atoms with Gasteiger partial charge in [-0.1, -0.05) is 30.3 Å². The zero-order valence-corrected chi connectivity index (χ0v) is 11.8. The van der Waals surface area contributed by atoms with Crippen LogP contribution in [0, 0.1) is 11.3 Å². The summed E-state index contributed by atoms with van der Waals surface area (Å²) >= 11 is 0. The third-order valence-corrected chi connectivity index (χ3v) is 4.17. The van der Waals surface area contributed by atoms with Crippen LogP contribution in [0.25, 0.3) is 16.8 Å². The van der Waals surface area contributed by atoms with Gasteiger partial charge in [-0.05, 0) is 58.2 Å². The summed E-state index contributed by atoms with van der Waals surface area (Å²) < 4.78 is 1.63. The van der Waals surface area contributed by atoms with Crippen molar-refractivity contribution in [3.8, 4) is 22.9 Å². The van der Waals surface area contributed by atoms with Crippen LogP contribution in [-0.4, -0.2) is 20.2 Å². The van der Waals surface area contributed by atoms with Gasteiger partial charge in [0.05, 0.1) is 17.2 Å². The number of hydrogen-bond acceptors (Lipinski definition) is 4. The Bertz CT molecular complexity index is 857. The maximum atomic E-state index is 9.37. The van der Waals surface area contributed by atoms with Crippen molar-refractivity contribution in [1.29, 1.82) is 5.26 Å². The summed E-state index contributed by atoms with van der Waals surface area (Å²) in [6, 6.07) is 18.7. The smallest absolute Gasteiger partial charge is 0.143 e. The van der Waals surface area contributed by atoms with Gasteiger partial charge in [-0.15, -0.1) is 5.10 Å². The normalized spacial score (nSPS) is 15.2. The first-order valence-electron chi connectivity index (χ1n) is 7.16. The summed E-state index contributed by atoms with van der Waals surface area (Å²) in [5.74, 6) is 0. The molecule has 0 atom stereocenters. The van der Waals surface area contributed by atoms with Crippen LogP contribution < -0.4 is 0 Å². The van der Waals surface area contributed by atoms with Crippen molar-refractivity contribution >= 4 is 0 Å². The first kappa shape index (κ1) is 12.7. The van der Waals surface area contributed by atoms with E-state index >= 15 is 0 Å². The molecule has 1 fully saturated rings. The fourth-order valence-electron chi connectivity index (χ4n) is 2.69. The predicted molar refractivity (Wildman–Crippen MR) is 81.1 cm³/mol. The lowest BCUT2D eigenvalue weighted by atomic mass is 9.94. The number of aromatic nitrogens is 4. The fraction of sp³-hybridized carbons (Fsp3) is 0.176. The van der Waals surface area contributed by atoms with Crippen molar-refractivity contribution in [1.82, 2.24) is 20.2 Å². The average Bonchev–Trinajstić information content (AvgIpc) is 3.20. The molecule has 1 aliphatic carbocycles. The molecule has 1 aliphatic rings. The highest BCUT2D eigenvalue weighted by molar-refractivity contribution is 5.67. The molecule has 5 nitrogen and oxygen atoms in total. The second-order valence-electron chi connectivity index (χ2n) is 5.58. The summed E-state index contributed by atoms with van der Waals surface area (Å²) in [6.07, 6.45) is 3.49. The highest BCUT2D eigenvalue weighted by Gasteiger charge is 2.44. The molecular formula is C17H13N5. The lowest BCUT2D eigenvalue weighted by Gasteiger charge is -2.10. The zero-order chi connectivity index (χ0) is 15.0. The molecule has 1 saturated carbocycles. The van der Waals surface area contributed by atoms with Crippen LogP contribution in [0.4, 0.5) is 0 Å². The standard InChI is InChI=1S/C17H13N5/c18-11-17(7-8-17)15-5-1-3-13(9-15)14-4-2-6-16(10-14)22-12-19-20-21-22/h1-6,9-10,12H,7-8H2. The van der Waals surface area contributed by atoms with Crippen LogP contribution in [0.15, 0.2) is 54.9 Å². The van der Waals surface area contributed by atoms with E-state index in [1.165, 1.54) is 0 Å². The Kier molecular flexibility index (Phi) is 2.76. The molecule has 1 aromatic heterocycles. The summed E-state index contributed by atoms with van der Waals surface area (Å²) in [5, 5.41) is 20.6. The summed E-state index contributed by atoms with van der Waals surface area (Å²) in [7, 11) is 0. The Balaban J connectivity index is 1.75. The zero-order valence-electron chi connectivity index (χ0n) is 11.8. The molecule has 4 rings (SSSR count). The monoisotopic (exact) mass is 287 g/mol. The van der Waals surface area contributed by atoms with E-state index in [0.29, 0.717) is 0 Å². The molecule has 0 saturated heterocycles. The van der Waals surface area contributed by atoms with Gasteiger partial charge in [0.15, 0.2) is 0 Å². The Morgan fingerprint density at radius 3 is 2.50 bits per heavy atom. The van der Waals surface area contributed by atoms with Gasteiger partial charge < -0.3 is 0 Å². The Morgan fingerprint density at radius 2 is 1.82 bits per heavy atom. The topological polar surface area (TPSA) is 67.4 Å². The Morgan fingerprint density at radius 1 is 1.05 bits per heavy atom. The van der Waals surface area contributed by atoms with Crippen LogP contribution in [0.1, 0.15) is 18.4 Å². The number of rotatable bonds is 3. The van der Waals surface area contributed by atoms with E-state index in [4.69, 9.17) is 0 Å². The highest BCUT2D eigenvalue weighted by Crippen LogP contribution is 2.48. The van der Waals surface area contributed by atoms with E-state index in [-0.39, 0.29) is 5.41 Å². The lowest BCUT2D eigenvalue weighted by Crippen LogP contribution is -2.02. The van der Waals surface area contributed by atoms with Gasteiger partial charge in [0.2, 0.25) is 0 Å². The number of nitrogens with zero attached hydrogens (tertiary/aromatic N) is 5. The lowest BCUT2D eigenvalue weighted by molar-refractivity contribution is 0.789. The van der Waals surface area contributed by atoms with E-state index in [1.54, 1.807) is 11.0 Å². The van der Waals surface area contributed by atoms with E-state index in [9.17, 15) is 5.26 Å². The molecule has 0 unspecified atom stereocenters. The molecular weight excluding hydrogens is 274 g/mol. The Hall–Kier alpha value is -3.00. The van der Waals surface area contributed by atoms with Gasteiger partial charge in [-0.25, -0.2) is 4.68 Å². The van der Waals surface area contributed by atoms with E-state index in [1.807, 2.05) is 30.3 Å². The largest absolute Gasteiger partial charge is 0.201 e. The van der Waals surface area contributed by atoms with Crippen LogP contribution >= 0.6 is 0 Å². The van der Waals surface area contributed by atoms with Crippen molar-refractivity contribution in [3.05, 3.63) is 60.4 Å². The molecule has 3 aromatic rings. The molecule has 0 aliphatic heterocycles. The van der Waals surface area contributed by atoms with E-state index in [2.05, 4.69) is 39.8 Å². The van der Waals surface area contributed by atoms with Crippen molar-refractivity contribution in [2.45, 2.75) is 18.3 Å².